The van der Waals surface area contributed by atoms with Crippen LogP contribution in [0.5, 0.6) is 0 Å². The summed E-state index contributed by atoms with van der Waals surface area (Å²) in [5.74, 6) is 0.885. The molecule has 1 saturated carbocycles. The molecular weight excluding hydrogens is 312 g/mol. The maximum atomic E-state index is 12.5. The molecule has 1 amide bonds. The minimum Gasteiger partial charge on any atom is -0.381 e. The topological polar surface area (TPSA) is 64.4 Å². The molecule has 1 saturated heterocycles. The highest BCUT2D eigenvalue weighted by atomic mass is 35.5. The molecule has 23 heavy (non-hydrogen) atoms. The molecule has 1 heterocycles. The van der Waals surface area contributed by atoms with Gasteiger partial charge in [0.1, 0.15) is 0 Å². The quantitative estimate of drug-likeness (QED) is 0.836. The molecule has 0 aromatic heterocycles. The first-order chi connectivity index (χ1) is 10.7. The van der Waals surface area contributed by atoms with E-state index >= 15 is 0 Å². The summed E-state index contributed by atoms with van der Waals surface area (Å²) in [7, 11) is 0. The molecule has 2 aliphatic rings. The van der Waals surface area contributed by atoms with Gasteiger partial charge in [0.25, 0.3) is 0 Å². The average molecular weight is 339 g/mol. The maximum Gasteiger partial charge on any atom is 0.237 e. The lowest BCUT2D eigenvalue weighted by Crippen LogP contribution is -2.51. The van der Waals surface area contributed by atoms with Crippen molar-refractivity contribution in [2.45, 2.75) is 44.2 Å². The summed E-state index contributed by atoms with van der Waals surface area (Å²) in [5, 5.41) is 3.22. The zero-order valence-electron chi connectivity index (χ0n) is 13.4. The van der Waals surface area contributed by atoms with E-state index in [0.717, 1.165) is 32.5 Å². The number of carbonyl (C=O) groups is 1. The Morgan fingerprint density at radius 3 is 2.39 bits per heavy atom. The van der Waals surface area contributed by atoms with E-state index in [1.54, 1.807) is 0 Å². The average Bonchev–Trinajstić information content (AvgIpc) is 3.40. The zero-order valence-corrected chi connectivity index (χ0v) is 14.3. The van der Waals surface area contributed by atoms with Crippen LogP contribution in [0.3, 0.4) is 0 Å². The Balaban J connectivity index is 0.00000192. The lowest BCUT2D eigenvalue weighted by Gasteiger charge is -2.28. The minimum atomic E-state index is -0.402. The Hall–Kier alpha value is -1.10. The highest BCUT2D eigenvalue weighted by Crippen LogP contribution is 2.34. The van der Waals surface area contributed by atoms with E-state index in [4.69, 9.17) is 10.5 Å². The van der Waals surface area contributed by atoms with Crippen molar-refractivity contribution in [2.75, 3.05) is 13.2 Å². The van der Waals surface area contributed by atoms with Crippen molar-refractivity contribution in [2.24, 2.45) is 17.6 Å². The fourth-order valence-corrected chi connectivity index (χ4v) is 3.27. The van der Waals surface area contributed by atoms with Crippen LogP contribution in [0.2, 0.25) is 0 Å². The van der Waals surface area contributed by atoms with Gasteiger partial charge in [-0.2, -0.15) is 0 Å². The van der Waals surface area contributed by atoms with E-state index in [1.165, 1.54) is 18.4 Å². The highest BCUT2D eigenvalue weighted by molar-refractivity contribution is 5.85. The second-order valence-electron chi connectivity index (χ2n) is 6.62. The fourth-order valence-electron chi connectivity index (χ4n) is 3.27. The van der Waals surface area contributed by atoms with Crippen LogP contribution >= 0.6 is 12.4 Å². The van der Waals surface area contributed by atoms with E-state index < -0.39 is 6.04 Å². The van der Waals surface area contributed by atoms with Crippen molar-refractivity contribution in [1.82, 2.24) is 5.32 Å². The Labute approximate surface area is 144 Å². The van der Waals surface area contributed by atoms with Crippen molar-refractivity contribution >= 4 is 18.3 Å². The van der Waals surface area contributed by atoms with E-state index in [-0.39, 0.29) is 30.3 Å². The van der Waals surface area contributed by atoms with E-state index in [9.17, 15) is 4.79 Å². The molecule has 0 radical (unpaired) electrons. The molecule has 4 nitrogen and oxygen atoms in total. The van der Waals surface area contributed by atoms with Crippen LogP contribution in [-0.2, 0) is 16.0 Å². The van der Waals surface area contributed by atoms with Crippen molar-refractivity contribution < 1.29 is 9.53 Å². The third kappa shape index (κ3) is 5.20. The van der Waals surface area contributed by atoms with Gasteiger partial charge in [-0.3, -0.25) is 4.79 Å². The molecule has 2 atom stereocenters. The molecule has 1 aromatic carbocycles. The van der Waals surface area contributed by atoms with Crippen LogP contribution in [0.1, 0.15) is 31.2 Å². The first-order valence-electron chi connectivity index (χ1n) is 8.41. The second kappa shape index (κ2) is 8.67. The molecule has 1 aliphatic heterocycles. The highest BCUT2D eigenvalue weighted by Gasteiger charge is 2.34. The number of ether oxygens (including phenoxy) is 1. The Bertz CT molecular complexity index is 487. The lowest BCUT2D eigenvalue weighted by molar-refractivity contribution is -0.125. The van der Waals surface area contributed by atoms with E-state index in [1.807, 2.05) is 6.07 Å². The number of rotatable bonds is 6. The summed E-state index contributed by atoms with van der Waals surface area (Å²) in [6.07, 6.45) is 5.11. The van der Waals surface area contributed by atoms with Gasteiger partial charge in [-0.05, 0) is 49.5 Å². The zero-order chi connectivity index (χ0) is 15.4. The van der Waals surface area contributed by atoms with Gasteiger partial charge in [0.2, 0.25) is 5.91 Å². The normalized spacial score (nSPS) is 21.1. The number of nitrogens with one attached hydrogen (secondary N) is 1. The lowest BCUT2D eigenvalue weighted by atomic mass is 9.91. The summed E-state index contributed by atoms with van der Waals surface area (Å²) < 4.78 is 5.35. The smallest absolute Gasteiger partial charge is 0.237 e. The first kappa shape index (κ1) is 18.2. The van der Waals surface area contributed by atoms with Gasteiger partial charge in [-0.25, -0.2) is 0 Å². The number of amides is 1. The third-order valence-electron chi connectivity index (χ3n) is 4.89. The van der Waals surface area contributed by atoms with Crippen molar-refractivity contribution in [3.8, 4) is 0 Å². The fraction of sp³-hybridized carbons (Fsp3) is 0.611. The van der Waals surface area contributed by atoms with Crippen molar-refractivity contribution in [1.29, 1.82) is 0 Å². The maximum absolute atomic E-state index is 12.5. The van der Waals surface area contributed by atoms with Crippen LogP contribution in [0.15, 0.2) is 30.3 Å². The number of benzene rings is 1. The molecule has 128 valence electrons. The SMILES string of the molecule is Cl.NC(C(=O)NC(Cc1ccccc1)C1CC1)C1CCOCC1. The molecule has 3 rings (SSSR count). The summed E-state index contributed by atoms with van der Waals surface area (Å²) in [6.45, 7) is 1.45. The molecule has 3 N–H and O–H groups in total. The van der Waals surface area contributed by atoms with Crippen LogP contribution < -0.4 is 11.1 Å². The number of hydrogen-bond donors (Lipinski definition) is 2. The summed E-state index contributed by atoms with van der Waals surface area (Å²) in [6, 6.07) is 10.2. The Kier molecular flexibility index (Phi) is 6.88. The number of hydrogen-bond acceptors (Lipinski definition) is 3. The number of halogens is 1. The van der Waals surface area contributed by atoms with Gasteiger partial charge in [0.15, 0.2) is 0 Å². The molecule has 5 heteroatoms. The largest absolute Gasteiger partial charge is 0.381 e. The monoisotopic (exact) mass is 338 g/mol. The van der Waals surface area contributed by atoms with Crippen molar-refractivity contribution in [3.63, 3.8) is 0 Å². The third-order valence-corrected chi connectivity index (χ3v) is 4.89. The standard InChI is InChI=1S/C18H26N2O2.ClH/c19-17(15-8-10-22-11-9-15)18(21)20-16(14-6-7-14)12-13-4-2-1-3-5-13;/h1-5,14-17H,6-12,19H2,(H,20,21);1H. The summed E-state index contributed by atoms with van der Waals surface area (Å²) >= 11 is 0. The molecule has 1 aliphatic carbocycles. The van der Waals surface area contributed by atoms with Crippen LogP contribution in [0.4, 0.5) is 0 Å². The van der Waals surface area contributed by atoms with Crippen LogP contribution in [-0.4, -0.2) is 31.2 Å². The second-order valence-corrected chi connectivity index (χ2v) is 6.62. The van der Waals surface area contributed by atoms with Gasteiger partial charge < -0.3 is 15.8 Å². The predicted molar refractivity (Wildman–Crippen MR) is 93.6 cm³/mol. The number of carbonyl (C=O) groups excluding carboxylic acids is 1. The molecule has 2 fully saturated rings. The number of nitrogens with two attached hydrogens (primary N) is 1. The van der Waals surface area contributed by atoms with Gasteiger partial charge in [-0.15, -0.1) is 12.4 Å². The minimum absolute atomic E-state index is 0. The predicted octanol–water partition coefficient (Wildman–Crippen LogP) is 2.30. The van der Waals surface area contributed by atoms with Gasteiger partial charge in [-0.1, -0.05) is 30.3 Å². The summed E-state index contributed by atoms with van der Waals surface area (Å²) in [5.41, 5.74) is 7.46. The molecule has 0 spiro atoms. The summed E-state index contributed by atoms with van der Waals surface area (Å²) in [4.78, 5) is 12.5. The molecule has 2 unspecified atom stereocenters. The van der Waals surface area contributed by atoms with Crippen LogP contribution in [0, 0.1) is 11.8 Å². The van der Waals surface area contributed by atoms with E-state index in [2.05, 4.69) is 29.6 Å². The van der Waals surface area contributed by atoms with Gasteiger partial charge in [0, 0.05) is 19.3 Å². The Morgan fingerprint density at radius 1 is 1.13 bits per heavy atom. The van der Waals surface area contributed by atoms with Gasteiger partial charge in [0.05, 0.1) is 6.04 Å². The Morgan fingerprint density at radius 2 is 1.78 bits per heavy atom. The van der Waals surface area contributed by atoms with Gasteiger partial charge >= 0.3 is 0 Å². The van der Waals surface area contributed by atoms with E-state index in [0.29, 0.717) is 5.92 Å². The molecule has 0 bridgehead atoms. The van der Waals surface area contributed by atoms with Crippen LogP contribution in [0.25, 0.3) is 0 Å². The van der Waals surface area contributed by atoms with Crippen molar-refractivity contribution in [3.05, 3.63) is 35.9 Å². The molecular formula is C18H27ClN2O2. The molecule has 1 aromatic rings. The first-order valence-corrected chi connectivity index (χ1v) is 8.41.